The minimum Gasteiger partial charge on any atom is -0.406 e. The van der Waals surface area contributed by atoms with Gasteiger partial charge in [-0.2, -0.15) is 0 Å². The van der Waals surface area contributed by atoms with Crippen molar-refractivity contribution < 1.29 is 27.4 Å². The standard InChI is InChI=1S/C23H27F3N2O3/c1-5-28(4)15-27-21-10-16(2)20(9-17(21)3)22(13-29-14-22)30-12-18-7-6-8-19(11-18)31-23(24,25)26/h6-11,15H,5,12-14H2,1-4H3. The number of halogens is 3. The average Bonchev–Trinajstić information content (AvgIpc) is 2.67. The Morgan fingerprint density at radius 2 is 1.90 bits per heavy atom. The van der Waals surface area contributed by atoms with E-state index in [0.717, 1.165) is 28.9 Å². The molecule has 31 heavy (non-hydrogen) atoms. The number of ether oxygens (including phenoxy) is 3. The summed E-state index contributed by atoms with van der Waals surface area (Å²) >= 11 is 0. The van der Waals surface area contributed by atoms with Crippen LogP contribution in [0.1, 0.15) is 29.2 Å². The summed E-state index contributed by atoms with van der Waals surface area (Å²) in [6.07, 6.45) is -2.93. The van der Waals surface area contributed by atoms with E-state index in [9.17, 15) is 13.2 Å². The largest absolute Gasteiger partial charge is 0.573 e. The summed E-state index contributed by atoms with van der Waals surface area (Å²) in [6, 6.07) is 9.89. The monoisotopic (exact) mass is 436 g/mol. The minimum atomic E-state index is -4.73. The van der Waals surface area contributed by atoms with E-state index in [4.69, 9.17) is 9.47 Å². The molecule has 5 nitrogen and oxygen atoms in total. The number of aliphatic imine (C=N–C) groups is 1. The van der Waals surface area contributed by atoms with Crippen LogP contribution in [-0.4, -0.2) is 44.4 Å². The van der Waals surface area contributed by atoms with Crippen molar-refractivity contribution in [2.24, 2.45) is 4.99 Å². The van der Waals surface area contributed by atoms with Gasteiger partial charge in [-0.3, -0.25) is 0 Å². The molecule has 1 aliphatic rings. The lowest BCUT2D eigenvalue weighted by molar-refractivity contribution is -0.274. The fourth-order valence-corrected chi connectivity index (χ4v) is 3.33. The predicted octanol–water partition coefficient (Wildman–Crippen LogP) is 5.26. The van der Waals surface area contributed by atoms with Gasteiger partial charge in [0.25, 0.3) is 0 Å². The molecule has 0 aliphatic carbocycles. The molecule has 0 N–H and O–H groups in total. The Morgan fingerprint density at radius 1 is 1.16 bits per heavy atom. The molecule has 1 aliphatic heterocycles. The molecular weight excluding hydrogens is 409 g/mol. The molecule has 2 aromatic rings. The van der Waals surface area contributed by atoms with Crippen LogP contribution in [-0.2, 0) is 21.7 Å². The average molecular weight is 436 g/mol. The maximum atomic E-state index is 12.5. The van der Waals surface area contributed by atoms with E-state index in [1.807, 2.05) is 31.9 Å². The third-order valence-electron chi connectivity index (χ3n) is 5.24. The molecule has 168 valence electrons. The van der Waals surface area contributed by atoms with Gasteiger partial charge in [0.1, 0.15) is 11.4 Å². The highest BCUT2D eigenvalue weighted by atomic mass is 19.4. The molecule has 0 atom stereocenters. The van der Waals surface area contributed by atoms with E-state index in [1.165, 1.54) is 18.2 Å². The molecule has 0 radical (unpaired) electrons. The first kappa shape index (κ1) is 23.1. The molecule has 0 spiro atoms. The van der Waals surface area contributed by atoms with Crippen molar-refractivity contribution in [3.8, 4) is 5.75 Å². The van der Waals surface area contributed by atoms with Crippen LogP contribution in [0.15, 0.2) is 41.4 Å². The second-order valence-corrected chi connectivity index (χ2v) is 7.74. The van der Waals surface area contributed by atoms with E-state index in [1.54, 1.807) is 12.4 Å². The lowest BCUT2D eigenvalue weighted by Crippen LogP contribution is -2.49. The molecule has 1 saturated heterocycles. The third kappa shape index (κ3) is 5.77. The molecule has 1 heterocycles. The van der Waals surface area contributed by atoms with Gasteiger partial charge in [-0.05, 0) is 61.2 Å². The van der Waals surface area contributed by atoms with Gasteiger partial charge in [-0.1, -0.05) is 18.2 Å². The second kappa shape index (κ2) is 9.28. The minimum absolute atomic E-state index is 0.137. The third-order valence-corrected chi connectivity index (χ3v) is 5.24. The van der Waals surface area contributed by atoms with Gasteiger partial charge in [0.05, 0.1) is 31.8 Å². The summed E-state index contributed by atoms with van der Waals surface area (Å²) in [4.78, 5) is 6.55. The topological polar surface area (TPSA) is 43.3 Å². The van der Waals surface area contributed by atoms with E-state index < -0.39 is 12.0 Å². The van der Waals surface area contributed by atoms with Crippen molar-refractivity contribution in [1.29, 1.82) is 0 Å². The number of aryl methyl sites for hydroxylation is 2. The molecule has 0 saturated carbocycles. The number of hydrogen-bond acceptors (Lipinski definition) is 4. The molecule has 1 fully saturated rings. The van der Waals surface area contributed by atoms with Gasteiger partial charge in [0, 0.05) is 13.6 Å². The van der Waals surface area contributed by atoms with Gasteiger partial charge in [0.15, 0.2) is 0 Å². The second-order valence-electron chi connectivity index (χ2n) is 7.74. The van der Waals surface area contributed by atoms with Crippen LogP contribution in [0.2, 0.25) is 0 Å². The Labute approximate surface area is 180 Å². The Balaban J connectivity index is 1.78. The maximum absolute atomic E-state index is 12.5. The van der Waals surface area contributed by atoms with Crippen LogP contribution in [0.25, 0.3) is 0 Å². The van der Waals surface area contributed by atoms with Crippen molar-refractivity contribution in [1.82, 2.24) is 4.90 Å². The Hall–Kier alpha value is -2.58. The quantitative estimate of drug-likeness (QED) is 0.419. The lowest BCUT2D eigenvalue weighted by atomic mass is 9.86. The zero-order valence-corrected chi connectivity index (χ0v) is 18.1. The first-order valence-electron chi connectivity index (χ1n) is 10.0. The number of nitrogens with zero attached hydrogens (tertiary/aromatic N) is 2. The number of rotatable bonds is 8. The molecule has 0 bridgehead atoms. The van der Waals surface area contributed by atoms with Crippen LogP contribution in [0.4, 0.5) is 18.9 Å². The van der Waals surface area contributed by atoms with E-state index in [0.29, 0.717) is 18.8 Å². The molecule has 3 rings (SSSR count). The number of hydrogen-bond donors (Lipinski definition) is 0. The SMILES string of the molecule is CCN(C)C=Nc1cc(C)c(C2(OCc3cccc(OC(F)(F)F)c3)COC2)cc1C. The normalized spacial score (nSPS) is 15.7. The van der Waals surface area contributed by atoms with Gasteiger partial charge in [0.2, 0.25) is 0 Å². The van der Waals surface area contributed by atoms with E-state index >= 15 is 0 Å². The zero-order valence-electron chi connectivity index (χ0n) is 18.1. The summed E-state index contributed by atoms with van der Waals surface area (Å²) in [6.45, 7) is 7.81. The summed E-state index contributed by atoms with van der Waals surface area (Å²) < 4.78 is 53.1. The van der Waals surface area contributed by atoms with Gasteiger partial charge in [-0.25, -0.2) is 4.99 Å². The summed E-state index contributed by atoms with van der Waals surface area (Å²) in [5.74, 6) is -0.265. The number of benzene rings is 2. The highest BCUT2D eigenvalue weighted by molar-refractivity contribution is 5.64. The van der Waals surface area contributed by atoms with Crippen LogP contribution < -0.4 is 4.74 Å². The fourth-order valence-electron chi connectivity index (χ4n) is 3.33. The predicted molar refractivity (Wildman–Crippen MR) is 113 cm³/mol. The Bertz CT molecular complexity index is 940. The van der Waals surface area contributed by atoms with Crippen LogP contribution >= 0.6 is 0 Å². The fraction of sp³-hybridized carbons (Fsp3) is 0.435. The Morgan fingerprint density at radius 3 is 2.52 bits per heavy atom. The number of alkyl halides is 3. The van der Waals surface area contributed by atoms with Crippen molar-refractivity contribution in [3.05, 3.63) is 58.7 Å². The highest BCUT2D eigenvalue weighted by Crippen LogP contribution is 2.39. The Kier molecular flexibility index (Phi) is 6.91. The van der Waals surface area contributed by atoms with Crippen LogP contribution in [0, 0.1) is 13.8 Å². The van der Waals surface area contributed by atoms with Crippen molar-refractivity contribution in [2.75, 3.05) is 26.8 Å². The smallest absolute Gasteiger partial charge is 0.406 e. The van der Waals surface area contributed by atoms with Crippen LogP contribution in [0.3, 0.4) is 0 Å². The summed E-state index contributed by atoms with van der Waals surface area (Å²) in [5, 5.41) is 0. The van der Waals surface area contributed by atoms with Gasteiger partial charge in [-0.15, -0.1) is 13.2 Å². The van der Waals surface area contributed by atoms with Crippen molar-refractivity contribution in [3.63, 3.8) is 0 Å². The first-order chi connectivity index (χ1) is 14.6. The summed E-state index contributed by atoms with van der Waals surface area (Å²) in [7, 11) is 1.96. The van der Waals surface area contributed by atoms with Gasteiger partial charge < -0.3 is 19.1 Å². The maximum Gasteiger partial charge on any atom is 0.573 e. The first-order valence-corrected chi connectivity index (χ1v) is 10.0. The van der Waals surface area contributed by atoms with Crippen molar-refractivity contribution >= 4 is 12.0 Å². The molecule has 8 heteroatoms. The van der Waals surface area contributed by atoms with E-state index in [-0.39, 0.29) is 12.4 Å². The van der Waals surface area contributed by atoms with Gasteiger partial charge >= 0.3 is 6.36 Å². The zero-order chi connectivity index (χ0) is 22.6. The lowest BCUT2D eigenvalue weighted by Gasteiger charge is -2.42. The summed E-state index contributed by atoms with van der Waals surface area (Å²) in [5.41, 5.74) is 3.87. The molecule has 2 aromatic carbocycles. The van der Waals surface area contributed by atoms with Crippen LogP contribution in [0.5, 0.6) is 5.75 Å². The van der Waals surface area contributed by atoms with Crippen molar-refractivity contribution in [2.45, 2.75) is 39.3 Å². The van der Waals surface area contributed by atoms with E-state index in [2.05, 4.69) is 22.7 Å². The molecule has 0 aromatic heterocycles. The highest BCUT2D eigenvalue weighted by Gasteiger charge is 2.43. The molecule has 0 unspecified atom stereocenters. The molecular formula is C23H27F3N2O3. The molecule has 0 amide bonds.